The smallest absolute Gasteiger partial charge is 0.170 e. The van der Waals surface area contributed by atoms with E-state index in [1.807, 2.05) is 25.1 Å². The van der Waals surface area contributed by atoms with Crippen molar-refractivity contribution in [3.05, 3.63) is 53.2 Å². The minimum atomic E-state index is 0.0857. The number of hydrogen-bond acceptors (Lipinski definition) is 4. The zero-order chi connectivity index (χ0) is 15.4. The van der Waals surface area contributed by atoms with Gasteiger partial charge in [0.2, 0.25) is 0 Å². The van der Waals surface area contributed by atoms with Crippen molar-refractivity contribution in [2.45, 2.75) is 20.8 Å². The van der Waals surface area contributed by atoms with E-state index in [9.17, 15) is 0 Å². The summed E-state index contributed by atoms with van der Waals surface area (Å²) < 4.78 is 0. The van der Waals surface area contributed by atoms with Crippen LogP contribution in [-0.4, -0.2) is 22.6 Å². The summed E-state index contributed by atoms with van der Waals surface area (Å²) in [5.41, 5.74) is 9.45. The molecule has 5 heteroatoms. The van der Waals surface area contributed by atoms with Gasteiger partial charge in [0.15, 0.2) is 5.84 Å². The molecule has 1 heterocycles. The number of pyridine rings is 1. The van der Waals surface area contributed by atoms with Gasteiger partial charge < -0.3 is 15.8 Å². The molecule has 0 bridgehead atoms. The number of aromatic nitrogens is 1. The number of oxime groups is 1. The highest BCUT2D eigenvalue weighted by Gasteiger charge is 2.13. The summed E-state index contributed by atoms with van der Waals surface area (Å²) in [6, 6.07) is 11.8. The third kappa shape index (κ3) is 3.13. The van der Waals surface area contributed by atoms with Crippen LogP contribution in [0, 0.1) is 13.8 Å². The lowest BCUT2D eigenvalue weighted by atomic mass is 10.1. The average molecular weight is 284 g/mol. The van der Waals surface area contributed by atoms with E-state index in [0.29, 0.717) is 5.56 Å². The molecule has 0 radical (unpaired) electrons. The largest absolute Gasteiger partial charge is 0.409 e. The van der Waals surface area contributed by atoms with Gasteiger partial charge in [-0.05, 0) is 44.5 Å². The van der Waals surface area contributed by atoms with Crippen LogP contribution in [-0.2, 0) is 0 Å². The van der Waals surface area contributed by atoms with E-state index in [-0.39, 0.29) is 5.84 Å². The zero-order valence-corrected chi connectivity index (χ0v) is 12.5. The normalized spacial score (nSPS) is 11.5. The SMILES string of the molecule is CCN(c1cc(/C(N)=N/O)cc(C)n1)c1ccccc1C. The van der Waals surface area contributed by atoms with Crippen LogP contribution in [0.15, 0.2) is 41.6 Å². The van der Waals surface area contributed by atoms with Crippen molar-refractivity contribution in [3.63, 3.8) is 0 Å². The van der Waals surface area contributed by atoms with E-state index < -0.39 is 0 Å². The van der Waals surface area contributed by atoms with Crippen LogP contribution in [0.5, 0.6) is 0 Å². The van der Waals surface area contributed by atoms with Gasteiger partial charge in [0.1, 0.15) is 5.82 Å². The molecule has 0 saturated carbocycles. The van der Waals surface area contributed by atoms with Crippen LogP contribution in [0.3, 0.4) is 0 Å². The molecule has 0 aliphatic rings. The molecule has 1 aromatic heterocycles. The number of para-hydroxylation sites is 1. The van der Waals surface area contributed by atoms with Crippen LogP contribution in [0.1, 0.15) is 23.7 Å². The molecule has 3 N–H and O–H groups in total. The Morgan fingerprint density at radius 2 is 2.00 bits per heavy atom. The fourth-order valence-electron chi connectivity index (χ4n) is 2.32. The number of benzene rings is 1. The lowest BCUT2D eigenvalue weighted by molar-refractivity contribution is 0.318. The zero-order valence-electron chi connectivity index (χ0n) is 12.5. The standard InChI is InChI=1S/C16H20N4O/c1-4-20(14-8-6-5-7-11(14)2)15-10-13(16(17)19-21)9-12(3)18-15/h5-10,21H,4H2,1-3H3,(H2,17,19). The second-order valence-corrected chi connectivity index (χ2v) is 4.87. The Hall–Kier alpha value is -2.56. The highest BCUT2D eigenvalue weighted by molar-refractivity contribution is 5.97. The fourth-order valence-corrected chi connectivity index (χ4v) is 2.32. The molecule has 2 rings (SSSR count). The van der Waals surface area contributed by atoms with Crippen LogP contribution < -0.4 is 10.6 Å². The molecular weight excluding hydrogens is 264 g/mol. The Balaban J connectivity index is 2.53. The first-order chi connectivity index (χ1) is 10.1. The molecule has 0 fully saturated rings. The van der Waals surface area contributed by atoms with E-state index in [4.69, 9.17) is 10.9 Å². The number of rotatable bonds is 4. The third-order valence-corrected chi connectivity index (χ3v) is 3.34. The first kappa shape index (κ1) is 14.8. The Labute approximate surface area is 124 Å². The van der Waals surface area contributed by atoms with Gasteiger partial charge in [-0.3, -0.25) is 0 Å². The number of amidine groups is 1. The predicted molar refractivity (Wildman–Crippen MR) is 85.3 cm³/mol. The fraction of sp³-hybridized carbons (Fsp3) is 0.250. The van der Waals surface area contributed by atoms with Crippen molar-refractivity contribution in [1.29, 1.82) is 0 Å². The molecule has 0 saturated heterocycles. The van der Waals surface area contributed by atoms with Gasteiger partial charge in [0.05, 0.1) is 0 Å². The van der Waals surface area contributed by atoms with Crippen LogP contribution in [0.4, 0.5) is 11.5 Å². The Kier molecular flexibility index (Phi) is 4.42. The average Bonchev–Trinajstić information content (AvgIpc) is 2.48. The molecule has 2 aromatic rings. The maximum Gasteiger partial charge on any atom is 0.170 e. The van der Waals surface area contributed by atoms with Crippen molar-refractivity contribution >= 4 is 17.3 Å². The van der Waals surface area contributed by atoms with Crippen molar-refractivity contribution < 1.29 is 5.21 Å². The highest BCUT2D eigenvalue weighted by Crippen LogP contribution is 2.27. The summed E-state index contributed by atoms with van der Waals surface area (Å²) >= 11 is 0. The number of aryl methyl sites for hydroxylation is 2. The molecule has 0 atom stereocenters. The molecule has 0 unspecified atom stereocenters. The summed E-state index contributed by atoms with van der Waals surface area (Å²) in [4.78, 5) is 6.68. The molecule has 110 valence electrons. The van der Waals surface area contributed by atoms with Crippen molar-refractivity contribution in [2.24, 2.45) is 10.9 Å². The second kappa shape index (κ2) is 6.26. The maximum absolute atomic E-state index is 8.86. The predicted octanol–water partition coefficient (Wildman–Crippen LogP) is 2.95. The van der Waals surface area contributed by atoms with E-state index in [1.165, 1.54) is 5.56 Å². The van der Waals surface area contributed by atoms with Crippen molar-refractivity contribution in [3.8, 4) is 0 Å². The Morgan fingerprint density at radius 3 is 2.62 bits per heavy atom. The van der Waals surface area contributed by atoms with Crippen LogP contribution in [0.25, 0.3) is 0 Å². The topological polar surface area (TPSA) is 74.7 Å². The molecule has 0 aliphatic carbocycles. The van der Waals surface area contributed by atoms with E-state index in [2.05, 4.69) is 41.0 Å². The third-order valence-electron chi connectivity index (χ3n) is 3.34. The highest BCUT2D eigenvalue weighted by atomic mass is 16.4. The molecule has 0 spiro atoms. The summed E-state index contributed by atoms with van der Waals surface area (Å²) in [5, 5.41) is 11.9. The number of nitrogens with zero attached hydrogens (tertiary/aromatic N) is 3. The molecule has 0 amide bonds. The van der Waals surface area contributed by atoms with Gasteiger partial charge in [-0.25, -0.2) is 4.98 Å². The van der Waals surface area contributed by atoms with E-state index in [0.717, 1.165) is 23.7 Å². The first-order valence-corrected chi connectivity index (χ1v) is 6.86. The Morgan fingerprint density at radius 1 is 1.29 bits per heavy atom. The second-order valence-electron chi connectivity index (χ2n) is 4.87. The monoisotopic (exact) mass is 284 g/mol. The van der Waals surface area contributed by atoms with Gasteiger partial charge in [0, 0.05) is 23.5 Å². The first-order valence-electron chi connectivity index (χ1n) is 6.86. The lowest BCUT2D eigenvalue weighted by Gasteiger charge is -2.24. The summed E-state index contributed by atoms with van der Waals surface area (Å²) in [7, 11) is 0. The molecule has 0 aliphatic heterocycles. The summed E-state index contributed by atoms with van der Waals surface area (Å²) in [5.74, 6) is 0.871. The van der Waals surface area contributed by atoms with Crippen LogP contribution >= 0.6 is 0 Å². The molecule has 1 aromatic carbocycles. The number of nitrogens with two attached hydrogens (primary N) is 1. The van der Waals surface area contributed by atoms with E-state index in [1.54, 1.807) is 6.07 Å². The van der Waals surface area contributed by atoms with Crippen LogP contribution in [0.2, 0.25) is 0 Å². The molecule has 5 nitrogen and oxygen atoms in total. The van der Waals surface area contributed by atoms with Gasteiger partial charge in [-0.2, -0.15) is 0 Å². The molecule has 21 heavy (non-hydrogen) atoms. The number of anilines is 2. The maximum atomic E-state index is 8.86. The van der Waals surface area contributed by atoms with Gasteiger partial charge in [-0.15, -0.1) is 0 Å². The van der Waals surface area contributed by atoms with E-state index >= 15 is 0 Å². The Bertz CT molecular complexity index is 667. The van der Waals surface area contributed by atoms with Gasteiger partial charge in [-0.1, -0.05) is 23.4 Å². The van der Waals surface area contributed by atoms with Crippen molar-refractivity contribution in [1.82, 2.24) is 4.98 Å². The minimum Gasteiger partial charge on any atom is -0.409 e. The summed E-state index contributed by atoms with van der Waals surface area (Å²) in [6.07, 6.45) is 0. The number of hydrogen-bond donors (Lipinski definition) is 2. The minimum absolute atomic E-state index is 0.0857. The summed E-state index contributed by atoms with van der Waals surface area (Å²) in [6.45, 7) is 6.80. The molecular formula is C16H20N4O. The quantitative estimate of drug-likeness (QED) is 0.392. The lowest BCUT2D eigenvalue weighted by Crippen LogP contribution is -2.20. The van der Waals surface area contributed by atoms with Crippen molar-refractivity contribution in [2.75, 3.05) is 11.4 Å². The van der Waals surface area contributed by atoms with Gasteiger partial charge in [0.25, 0.3) is 0 Å². The van der Waals surface area contributed by atoms with Gasteiger partial charge >= 0.3 is 0 Å².